The van der Waals surface area contributed by atoms with E-state index in [1.807, 2.05) is 12.2 Å². The fourth-order valence-corrected chi connectivity index (χ4v) is 0.891. The number of hydrogen-bond acceptors (Lipinski definition) is 2. The quantitative estimate of drug-likeness (QED) is 0.551. The van der Waals surface area contributed by atoms with Crippen LogP contribution in [0.2, 0.25) is 0 Å². The van der Waals surface area contributed by atoms with Crippen LogP contribution >= 0.6 is 0 Å². The molecule has 11 heavy (non-hydrogen) atoms. The Morgan fingerprint density at radius 2 is 2.45 bits per heavy atom. The summed E-state index contributed by atoms with van der Waals surface area (Å²) in [5.41, 5.74) is 0.773. The summed E-state index contributed by atoms with van der Waals surface area (Å²) in [5.74, 6) is -0.0718. The van der Waals surface area contributed by atoms with Crippen molar-refractivity contribution in [3.8, 4) is 0 Å². The lowest BCUT2D eigenvalue weighted by Crippen LogP contribution is -2.26. The Hall–Kier alpha value is -1.09. The average Bonchev–Trinajstić information content (AvgIpc) is 2.53. The van der Waals surface area contributed by atoms with E-state index in [1.165, 1.54) is 12.2 Å². The molecule has 1 rings (SSSR count). The van der Waals surface area contributed by atoms with Crippen LogP contribution in [-0.4, -0.2) is 25.1 Å². The first-order valence-electron chi connectivity index (χ1n) is 3.43. The standard InChI is InChI=1S/C8H11NO2/c1-9(11-2)8(10)7-5-3-4-6-7/h3-5H,6H2,1-2H3. The van der Waals surface area contributed by atoms with Crippen LogP contribution in [0.1, 0.15) is 6.42 Å². The number of carbonyl (C=O) groups is 1. The topological polar surface area (TPSA) is 29.5 Å². The molecule has 60 valence electrons. The van der Waals surface area contributed by atoms with Gasteiger partial charge in [0.05, 0.1) is 7.11 Å². The summed E-state index contributed by atoms with van der Waals surface area (Å²) in [6, 6.07) is 0. The first kappa shape index (κ1) is 8.01. The van der Waals surface area contributed by atoms with Crippen LogP contribution in [0.25, 0.3) is 0 Å². The summed E-state index contributed by atoms with van der Waals surface area (Å²) >= 11 is 0. The van der Waals surface area contributed by atoms with Crippen LogP contribution in [0.5, 0.6) is 0 Å². The minimum Gasteiger partial charge on any atom is -0.274 e. The molecule has 1 aliphatic carbocycles. The zero-order valence-electron chi connectivity index (χ0n) is 6.70. The Labute approximate surface area is 65.9 Å². The second kappa shape index (κ2) is 3.34. The van der Waals surface area contributed by atoms with E-state index in [2.05, 4.69) is 0 Å². The van der Waals surface area contributed by atoms with Crippen molar-refractivity contribution >= 4 is 5.91 Å². The fraction of sp³-hybridized carbons (Fsp3) is 0.375. The van der Waals surface area contributed by atoms with Crippen LogP contribution in [0.3, 0.4) is 0 Å². The molecule has 0 saturated heterocycles. The Kier molecular flexibility index (Phi) is 2.44. The van der Waals surface area contributed by atoms with E-state index in [4.69, 9.17) is 4.84 Å². The Balaban J connectivity index is 2.55. The summed E-state index contributed by atoms with van der Waals surface area (Å²) < 4.78 is 0. The Morgan fingerprint density at radius 1 is 1.73 bits per heavy atom. The van der Waals surface area contributed by atoms with Crippen molar-refractivity contribution in [2.45, 2.75) is 6.42 Å². The van der Waals surface area contributed by atoms with Crippen LogP contribution in [-0.2, 0) is 9.63 Å². The SMILES string of the molecule is CON(C)C(=O)C1=CC=CC1. The molecule has 0 radical (unpaired) electrons. The second-order valence-electron chi connectivity index (χ2n) is 2.31. The molecular weight excluding hydrogens is 142 g/mol. The van der Waals surface area contributed by atoms with Crippen LogP contribution in [0, 0.1) is 0 Å². The Bertz CT molecular complexity index is 218. The maximum absolute atomic E-state index is 11.3. The van der Waals surface area contributed by atoms with E-state index < -0.39 is 0 Å². The molecule has 1 amide bonds. The molecule has 0 aromatic carbocycles. The number of hydroxylamine groups is 2. The lowest BCUT2D eigenvalue weighted by atomic mass is 10.2. The molecule has 0 heterocycles. The highest BCUT2D eigenvalue weighted by Crippen LogP contribution is 2.12. The third kappa shape index (κ3) is 1.68. The first-order valence-corrected chi connectivity index (χ1v) is 3.43. The molecular formula is C8H11NO2. The van der Waals surface area contributed by atoms with E-state index in [9.17, 15) is 4.79 Å². The molecule has 3 heteroatoms. The van der Waals surface area contributed by atoms with E-state index in [0.717, 1.165) is 5.57 Å². The lowest BCUT2D eigenvalue weighted by Gasteiger charge is -2.13. The molecule has 0 spiro atoms. The van der Waals surface area contributed by atoms with Crippen LogP contribution < -0.4 is 0 Å². The van der Waals surface area contributed by atoms with Gasteiger partial charge in [0.15, 0.2) is 0 Å². The van der Waals surface area contributed by atoms with E-state index in [0.29, 0.717) is 6.42 Å². The van der Waals surface area contributed by atoms with Crippen molar-refractivity contribution in [1.29, 1.82) is 0 Å². The summed E-state index contributed by atoms with van der Waals surface area (Å²) in [6.45, 7) is 0. The van der Waals surface area contributed by atoms with Gasteiger partial charge < -0.3 is 0 Å². The van der Waals surface area contributed by atoms with Gasteiger partial charge in [-0.15, -0.1) is 0 Å². The number of likely N-dealkylation sites (N-methyl/N-ethyl adjacent to an activating group) is 1. The van der Waals surface area contributed by atoms with Gasteiger partial charge in [-0.1, -0.05) is 18.2 Å². The fourth-order valence-electron chi connectivity index (χ4n) is 0.891. The van der Waals surface area contributed by atoms with Gasteiger partial charge in [0.2, 0.25) is 0 Å². The first-order chi connectivity index (χ1) is 5.25. The van der Waals surface area contributed by atoms with Gasteiger partial charge in [0.1, 0.15) is 0 Å². The largest absolute Gasteiger partial charge is 0.274 e. The maximum atomic E-state index is 11.3. The van der Waals surface area contributed by atoms with Gasteiger partial charge in [-0.2, -0.15) is 0 Å². The summed E-state index contributed by atoms with van der Waals surface area (Å²) in [4.78, 5) is 16.0. The summed E-state index contributed by atoms with van der Waals surface area (Å²) in [6.07, 6.45) is 6.33. The predicted molar refractivity (Wildman–Crippen MR) is 41.6 cm³/mol. The van der Waals surface area contributed by atoms with Crippen molar-refractivity contribution in [2.75, 3.05) is 14.2 Å². The normalized spacial score (nSPS) is 14.9. The molecule has 3 nitrogen and oxygen atoms in total. The van der Waals surface area contributed by atoms with E-state index >= 15 is 0 Å². The van der Waals surface area contributed by atoms with E-state index in [-0.39, 0.29) is 5.91 Å². The Morgan fingerprint density at radius 3 is 2.91 bits per heavy atom. The minimum atomic E-state index is -0.0718. The number of rotatable bonds is 2. The summed E-state index contributed by atoms with van der Waals surface area (Å²) in [7, 11) is 3.07. The zero-order chi connectivity index (χ0) is 8.27. The van der Waals surface area contributed by atoms with Crippen molar-refractivity contribution in [1.82, 2.24) is 5.06 Å². The van der Waals surface area contributed by atoms with Crippen molar-refractivity contribution < 1.29 is 9.63 Å². The predicted octanol–water partition coefficient (Wildman–Crippen LogP) is 0.892. The van der Waals surface area contributed by atoms with Gasteiger partial charge in [-0.25, -0.2) is 5.06 Å². The number of carbonyl (C=O) groups excluding carboxylic acids is 1. The van der Waals surface area contributed by atoms with Crippen LogP contribution in [0.4, 0.5) is 0 Å². The second-order valence-corrected chi connectivity index (χ2v) is 2.31. The zero-order valence-corrected chi connectivity index (χ0v) is 6.70. The molecule has 0 fully saturated rings. The van der Waals surface area contributed by atoms with Crippen LogP contribution in [0.15, 0.2) is 23.8 Å². The highest BCUT2D eigenvalue weighted by molar-refractivity contribution is 5.93. The third-order valence-corrected chi connectivity index (χ3v) is 1.61. The van der Waals surface area contributed by atoms with Crippen molar-refractivity contribution in [3.05, 3.63) is 23.8 Å². The van der Waals surface area contributed by atoms with Gasteiger partial charge in [0, 0.05) is 12.6 Å². The molecule has 0 aromatic heterocycles. The maximum Gasteiger partial charge on any atom is 0.273 e. The number of hydrogen-bond donors (Lipinski definition) is 0. The number of nitrogens with zero attached hydrogens (tertiary/aromatic N) is 1. The monoisotopic (exact) mass is 153 g/mol. The molecule has 0 N–H and O–H groups in total. The molecule has 0 unspecified atom stereocenters. The van der Waals surface area contributed by atoms with Gasteiger partial charge in [0.25, 0.3) is 5.91 Å². The van der Waals surface area contributed by atoms with E-state index in [1.54, 1.807) is 13.1 Å². The smallest absolute Gasteiger partial charge is 0.273 e. The molecule has 1 aliphatic rings. The molecule has 0 aliphatic heterocycles. The van der Waals surface area contributed by atoms with Gasteiger partial charge in [-0.05, 0) is 6.42 Å². The van der Waals surface area contributed by atoms with Crippen molar-refractivity contribution in [3.63, 3.8) is 0 Å². The lowest BCUT2D eigenvalue weighted by molar-refractivity contribution is -0.164. The molecule has 0 bridgehead atoms. The van der Waals surface area contributed by atoms with Gasteiger partial charge in [-0.3, -0.25) is 9.63 Å². The highest BCUT2D eigenvalue weighted by atomic mass is 16.7. The number of amides is 1. The third-order valence-electron chi connectivity index (χ3n) is 1.61. The molecule has 0 aromatic rings. The number of allylic oxidation sites excluding steroid dienone is 3. The van der Waals surface area contributed by atoms with Crippen molar-refractivity contribution in [2.24, 2.45) is 0 Å². The molecule has 0 saturated carbocycles. The highest BCUT2D eigenvalue weighted by Gasteiger charge is 2.14. The summed E-state index contributed by atoms with van der Waals surface area (Å²) in [5, 5.41) is 1.22. The average molecular weight is 153 g/mol. The molecule has 0 atom stereocenters. The van der Waals surface area contributed by atoms with Gasteiger partial charge >= 0.3 is 0 Å². The minimum absolute atomic E-state index is 0.0718.